The van der Waals surface area contributed by atoms with Crippen LogP contribution in [0.3, 0.4) is 0 Å². The molecule has 0 N–H and O–H groups in total. The van der Waals surface area contributed by atoms with E-state index in [1.165, 1.54) is 0 Å². The molecule has 0 aliphatic heterocycles. The Hall–Kier alpha value is -1.74. The third-order valence-electron chi connectivity index (χ3n) is 2.32. The van der Waals surface area contributed by atoms with Crippen LogP contribution in [0.1, 0.15) is 0 Å². The first-order chi connectivity index (χ1) is 8.16. The van der Waals surface area contributed by atoms with Crippen molar-refractivity contribution in [2.45, 2.75) is 13.1 Å². The van der Waals surface area contributed by atoms with Gasteiger partial charge >= 0.3 is 0 Å². The zero-order chi connectivity index (χ0) is 12.1. The van der Waals surface area contributed by atoms with Crippen LogP contribution in [0.5, 0.6) is 0 Å². The first-order valence-electron chi connectivity index (χ1n) is 5.72. The Kier molecular flexibility index (Phi) is 3.49. The van der Waals surface area contributed by atoms with E-state index in [0.29, 0.717) is 0 Å². The zero-order valence-corrected chi connectivity index (χ0v) is 11.2. The molecular formula is C14H16N2Si-2. The Morgan fingerprint density at radius 1 is 0.647 bits per heavy atom. The molecule has 0 aromatic heterocycles. The first kappa shape index (κ1) is 11.7. The molecular weight excluding hydrogens is 224 g/mol. The highest BCUT2D eigenvalue weighted by Crippen LogP contribution is 2.34. The molecule has 0 aliphatic rings. The Morgan fingerprint density at radius 3 is 1.35 bits per heavy atom. The van der Waals surface area contributed by atoms with Crippen LogP contribution in [0, 0.1) is 0 Å². The van der Waals surface area contributed by atoms with Gasteiger partial charge in [0.05, 0.1) is 0 Å². The Morgan fingerprint density at radius 2 is 1.00 bits per heavy atom. The molecule has 0 fully saturated rings. The summed E-state index contributed by atoms with van der Waals surface area (Å²) in [5.74, 6) is 0. The fraction of sp³-hybridized carbons (Fsp3) is 0.143. The van der Waals surface area contributed by atoms with Gasteiger partial charge in [0.1, 0.15) is 0 Å². The lowest BCUT2D eigenvalue weighted by molar-refractivity contribution is 1.62. The minimum atomic E-state index is -1.93. The van der Waals surface area contributed by atoms with E-state index >= 15 is 0 Å². The van der Waals surface area contributed by atoms with E-state index in [-0.39, 0.29) is 0 Å². The maximum absolute atomic E-state index is 4.76. The molecule has 0 heterocycles. The largest absolute Gasteiger partial charge is 0.700 e. The summed E-state index contributed by atoms with van der Waals surface area (Å²) in [6.07, 6.45) is 0. The van der Waals surface area contributed by atoms with Crippen LogP contribution < -0.4 is 0 Å². The molecule has 0 unspecified atom stereocenters. The molecule has 0 saturated carbocycles. The molecule has 0 saturated heterocycles. The van der Waals surface area contributed by atoms with Gasteiger partial charge in [-0.05, 0) is 0 Å². The number of rotatable bonds is 4. The molecule has 0 radical (unpaired) electrons. The number of hydrogen-bond donors (Lipinski definition) is 0. The molecule has 0 atom stereocenters. The monoisotopic (exact) mass is 240 g/mol. The van der Waals surface area contributed by atoms with Gasteiger partial charge in [-0.25, -0.2) is 0 Å². The van der Waals surface area contributed by atoms with Crippen LogP contribution in [0.2, 0.25) is 13.1 Å². The van der Waals surface area contributed by atoms with E-state index in [0.717, 1.165) is 11.4 Å². The predicted molar refractivity (Wildman–Crippen MR) is 76.4 cm³/mol. The summed E-state index contributed by atoms with van der Waals surface area (Å²) in [4.78, 5) is 9.52. The van der Waals surface area contributed by atoms with Crippen molar-refractivity contribution in [3.8, 4) is 0 Å². The van der Waals surface area contributed by atoms with Crippen molar-refractivity contribution >= 4 is 19.8 Å². The van der Waals surface area contributed by atoms with E-state index in [2.05, 4.69) is 13.1 Å². The summed E-state index contributed by atoms with van der Waals surface area (Å²) in [5, 5.41) is 0. The average Bonchev–Trinajstić information content (AvgIpc) is 2.30. The summed E-state index contributed by atoms with van der Waals surface area (Å²) in [6.45, 7) is 4.29. The topological polar surface area (TPSA) is 28.2 Å². The standard InChI is InChI=1S/C14H16N2Si/c1-17(2,15-13-9-5-3-6-10-13)16-14-11-7-4-8-12-14/h3-12H,1-2H3/q-2. The fourth-order valence-electron chi connectivity index (χ4n) is 1.66. The normalized spacial score (nSPS) is 10.9. The minimum Gasteiger partial charge on any atom is -0.700 e. The second-order valence-electron chi connectivity index (χ2n) is 4.39. The SMILES string of the molecule is C[Si](C)([N-]c1ccccc1)[N-]c1ccccc1. The molecule has 0 aliphatic carbocycles. The summed E-state index contributed by atoms with van der Waals surface area (Å²) in [6, 6.07) is 20.1. The molecule has 0 amide bonds. The molecule has 0 spiro atoms. The third-order valence-corrected chi connectivity index (χ3v) is 3.93. The Bertz CT molecular complexity index is 411. The van der Waals surface area contributed by atoms with E-state index in [4.69, 9.17) is 9.96 Å². The summed E-state index contributed by atoms with van der Waals surface area (Å²) in [7, 11) is -1.93. The van der Waals surface area contributed by atoms with Crippen molar-refractivity contribution in [3.05, 3.63) is 70.6 Å². The molecule has 2 aromatic rings. The lowest BCUT2D eigenvalue weighted by Crippen LogP contribution is -2.21. The van der Waals surface area contributed by atoms with Crippen molar-refractivity contribution in [1.29, 1.82) is 0 Å². The van der Waals surface area contributed by atoms with Gasteiger partial charge in [-0.2, -0.15) is 0 Å². The number of nitrogens with zero attached hydrogens (tertiary/aromatic N) is 2. The molecule has 2 nitrogen and oxygen atoms in total. The van der Waals surface area contributed by atoms with Crippen molar-refractivity contribution in [2.24, 2.45) is 0 Å². The Labute approximate surface area is 104 Å². The minimum absolute atomic E-state index is 1.02. The van der Waals surface area contributed by atoms with Crippen molar-refractivity contribution < 1.29 is 0 Å². The van der Waals surface area contributed by atoms with E-state index in [9.17, 15) is 0 Å². The van der Waals surface area contributed by atoms with Crippen molar-refractivity contribution in [1.82, 2.24) is 0 Å². The number of hydrogen-bond acceptors (Lipinski definition) is 0. The van der Waals surface area contributed by atoms with Crippen LogP contribution in [0.25, 0.3) is 9.96 Å². The second-order valence-corrected chi connectivity index (χ2v) is 7.83. The average molecular weight is 240 g/mol. The van der Waals surface area contributed by atoms with Gasteiger partial charge in [0.25, 0.3) is 0 Å². The lowest BCUT2D eigenvalue weighted by Gasteiger charge is -2.54. The van der Waals surface area contributed by atoms with E-state index in [1.807, 2.05) is 60.7 Å². The highest BCUT2D eigenvalue weighted by atomic mass is 28.3. The van der Waals surface area contributed by atoms with Gasteiger partial charge < -0.3 is 9.96 Å². The molecule has 17 heavy (non-hydrogen) atoms. The lowest BCUT2D eigenvalue weighted by atomic mass is 10.3. The zero-order valence-electron chi connectivity index (χ0n) is 10.2. The predicted octanol–water partition coefficient (Wildman–Crippen LogP) is 5.10. The maximum Gasteiger partial charge on any atom is -0.0624 e. The van der Waals surface area contributed by atoms with Gasteiger partial charge in [0.2, 0.25) is 0 Å². The summed E-state index contributed by atoms with van der Waals surface area (Å²) < 4.78 is 0. The van der Waals surface area contributed by atoms with E-state index in [1.54, 1.807) is 0 Å². The van der Waals surface area contributed by atoms with Gasteiger partial charge in [-0.15, -0.1) is 32.9 Å². The number of benzene rings is 2. The second kappa shape index (κ2) is 5.06. The van der Waals surface area contributed by atoms with Crippen LogP contribution in [0.4, 0.5) is 11.4 Å². The smallest absolute Gasteiger partial charge is 0.0624 e. The molecule has 0 bridgehead atoms. The first-order valence-corrected chi connectivity index (χ1v) is 8.61. The maximum atomic E-state index is 4.76. The van der Waals surface area contributed by atoms with Crippen LogP contribution in [-0.2, 0) is 0 Å². The molecule has 2 rings (SSSR count). The van der Waals surface area contributed by atoms with Crippen LogP contribution in [0.15, 0.2) is 60.7 Å². The summed E-state index contributed by atoms with van der Waals surface area (Å²) >= 11 is 0. The van der Waals surface area contributed by atoms with Gasteiger partial charge in [-0.3, -0.25) is 0 Å². The Balaban J connectivity index is 2.04. The van der Waals surface area contributed by atoms with Crippen molar-refractivity contribution in [2.75, 3.05) is 0 Å². The van der Waals surface area contributed by atoms with Gasteiger partial charge in [-0.1, -0.05) is 60.7 Å². The fourth-order valence-corrected chi connectivity index (χ4v) is 3.27. The molecule has 2 aromatic carbocycles. The third kappa shape index (κ3) is 3.64. The van der Waals surface area contributed by atoms with E-state index < -0.39 is 8.40 Å². The summed E-state index contributed by atoms with van der Waals surface area (Å²) in [5.41, 5.74) is 2.03. The molecule has 3 heteroatoms. The van der Waals surface area contributed by atoms with Crippen molar-refractivity contribution in [3.63, 3.8) is 0 Å². The highest BCUT2D eigenvalue weighted by Gasteiger charge is 1.95. The van der Waals surface area contributed by atoms with Crippen LogP contribution >= 0.6 is 0 Å². The van der Waals surface area contributed by atoms with Gasteiger partial charge in [0.15, 0.2) is 0 Å². The van der Waals surface area contributed by atoms with Crippen LogP contribution in [-0.4, -0.2) is 8.40 Å². The molecule has 88 valence electrons. The van der Waals surface area contributed by atoms with Gasteiger partial charge in [0, 0.05) is 0 Å². The highest BCUT2D eigenvalue weighted by molar-refractivity contribution is 6.88. The quantitative estimate of drug-likeness (QED) is 0.665.